The summed E-state index contributed by atoms with van der Waals surface area (Å²) in [5.74, 6) is 0.700. The molecule has 3 aromatic rings. The normalized spacial score (nSPS) is 20.7. The van der Waals surface area contributed by atoms with Crippen LogP contribution < -0.4 is 4.74 Å². The molecule has 0 radical (unpaired) electrons. The fourth-order valence-corrected chi connectivity index (χ4v) is 3.02. The fraction of sp³-hybridized carbons (Fsp3) is 0.235. The van der Waals surface area contributed by atoms with E-state index < -0.39 is 6.10 Å². The van der Waals surface area contributed by atoms with Gasteiger partial charge in [-0.25, -0.2) is 4.98 Å². The summed E-state index contributed by atoms with van der Waals surface area (Å²) in [5, 5.41) is 10.3. The van der Waals surface area contributed by atoms with E-state index in [1.165, 1.54) is 0 Å². The van der Waals surface area contributed by atoms with E-state index in [0.29, 0.717) is 12.2 Å². The Kier molecular flexibility index (Phi) is 2.72. The molecule has 2 atom stereocenters. The van der Waals surface area contributed by atoms with Gasteiger partial charge in [-0.1, -0.05) is 24.3 Å². The van der Waals surface area contributed by atoms with E-state index in [1.807, 2.05) is 60.1 Å². The topological polar surface area (TPSA) is 46.8 Å². The number of aliphatic hydroxyl groups is 1. The first-order chi connectivity index (χ1) is 10.2. The molecule has 1 N–H and O–H groups in total. The van der Waals surface area contributed by atoms with Crippen molar-refractivity contribution in [1.29, 1.82) is 0 Å². The lowest BCUT2D eigenvalue weighted by Crippen LogP contribution is -2.19. The van der Waals surface area contributed by atoms with Crippen molar-refractivity contribution in [3.05, 3.63) is 65.6 Å². The second kappa shape index (κ2) is 4.60. The Bertz CT molecular complexity index is 809. The van der Waals surface area contributed by atoms with Gasteiger partial charge in [0.15, 0.2) is 17.5 Å². The Morgan fingerprint density at radius 1 is 1.24 bits per heavy atom. The minimum Gasteiger partial charge on any atom is -0.479 e. The molecule has 4 nitrogen and oxygen atoms in total. The Balaban J connectivity index is 1.75. The average molecular weight is 280 g/mol. The molecule has 0 saturated heterocycles. The summed E-state index contributed by atoms with van der Waals surface area (Å²) in [4.78, 5) is 4.49. The maximum atomic E-state index is 10.3. The first-order valence-electron chi connectivity index (χ1n) is 7.09. The van der Waals surface area contributed by atoms with Gasteiger partial charge in [-0.2, -0.15) is 0 Å². The van der Waals surface area contributed by atoms with Crippen LogP contribution in [0.15, 0.2) is 48.8 Å². The van der Waals surface area contributed by atoms with Crippen LogP contribution in [0.3, 0.4) is 0 Å². The molecule has 1 aliphatic carbocycles. The summed E-state index contributed by atoms with van der Waals surface area (Å²) in [6.45, 7) is 1.95. The molecule has 4 heteroatoms. The third kappa shape index (κ3) is 1.99. The lowest BCUT2D eigenvalue weighted by Gasteiger charge is -2.18. The molecule has 0 saturated carbocycles. The van der Waals surface area contributed by atoms with E-state index in [-0.39, 0.29) is 6.10 Å². The zero-order valence-corrected chi connectivity index (χ0v) is 11.7. The number of hydrogen-bond donors (Lipinski definition) is 1. The minimum atomic E-state index is -0.515. The average Bonchev–Trinajstić information content (AvgIpc) is 3.00. The molecular formula is C17H16N2O2. The van der Waals surface area contributed by atoms with Crippen LogP contribution >= 0.6 is 0 Å². The van der Waals surface area contributed by atoms with E-state index in [9.17, 15) is 5.11 Å². The molecule has 4 rings (SSSR count). The van der Waals surface area contributed by atoms with Crippen LogP contribution in [0.25, 0.3) is 5.65 Å². The molecule has 1 aliphatic rings. The number of benzene rings is 1. The van der Waals surface area contributed by atoms with Gasteiger partial charge in [0.1, 0.15) is 0 Å². The molecule has 0 amide bonds. The van der Waals surface area contributed by atoms with E-state index in [2.05, 4.69) is 4.98 Å². The number of ether oxygens (including phenoxy) is 1. The molecule has 2 aromatic heterocycles. The molecule has 0 unspecified atom stereocenters. The summed E-state index contributed by atoms with van der Waals surface area (Å²) >= 11 is 0. The summed E-state index contributed by atoms with van der Waals surface area (Å²) in [6.07, 6.45) is 3.70. The lowest BCUT2D eigenvalue weighted by molar-refractivity contribution is 0.0502. The largest absolute Gasteiger partial charge is 0.479 e. The number of imidazole rings is 1. The highest BCUT2D eigenvalue weighted by Crippen LogP contribution is 2.36. The van der Waals surface area contributed by atoms with Crippen molar-refractivity contribution in [1.82, 2.24) is 9.38 Å². The van der Waals surface area contributed by atoms with Crippen molar-refractivity contribution >= 4 is 5.65 Å². The van der Waals surface area contributed by atoms with Gasteiger partial charge in [0.2, 0.25) is 0 Å². The SMILES string of the molecule is Cc1cn2cccc(O[C@@H]3c4ccccc4C[C@H]3O)c2n1. The zero-order valence-electron chi connectivity index (χ0n) is 11.7. The van der Waals surface area contributed by atoms with Gasteiger partial charge < -0.3 is 14.2 Å². The molecule has 0 fully saturated rings. The standard InChI is InChI=1S/C17H16N2O2/c1-11-10-19-8-4-7-15(17(19)18-11)21-16-13-6-3-2-5-12(13)9-14(16)20/h2-8,10,14,16,20H,9H2,1H3/t14-,16-/m1/s1. The first kappa shape index (κ1) is 12.4. The molecule has 21 heavy (non-hydrogen) atoms. The summed E-state index contributed by atoms with van der Waals surface area (Å²) in [5.41, 5.74) is 3.95. The number of pyridine rings is 1. The number of aryl methyl sites for hydroxylation is 1. The number of aromatic nitrogens is 2. The van der Waals surface area contributed by atoms with Crippen LogP contribution in [0.4, 0.5) is 0 Å². The number of fused-ring (bicyclic) bond motifs is 2. The van der Waals surface area contributed by atoms with Crippen LogP contribution in [-0.4, -0.2) is 20.6 Å². The Hall–Kier alpha value is -2.33. The van der Waals surface area contributed by atoms with Gasteiger partial charge in [0.25, 0.3) is 0 Å². The van der Waals surface area contributed by atoms with E-state index >= 15 is 0 Å². The Morgan fingerprint density at radius 2 is 2.10 bits per heavy atom. The second-order valence-electron chi connectivity index (χ2n) is 5.49. The number of hydrogen-bond acceptors (Lipinski definition) is 3. The van der Waals surface area contributed by atoms with Gasteiger partial charge in [-0.15, -0.1) is 0 Å². The molecule has 106 valence electrons. The number of nitrogens with zero attached hydrogens (tertiary/aromatic N) is 2. The van der Waals surface area contributed by atoms with Crippen molar-refractivity contribution in [2.24, 2.45) is 0 Å². The highest BCUT2D eigenvalue weighted by molar-refractivity contribution is 5.55. The number of rotatable bonds is 2. The van der Waals surface area contributed by atoms with E-state index in [1.54, 1.807) is 0 Å². The van der Waals surface area contributed by atoms with Crippen LogP contribution in [0.5, 0.6) is 5.75 Å². The van der Waals surface area contributed by atoms with E-state index in [4.69, 9.17) is 4.74 Å². The fourth-order valence-electron chi connectivity index (χ4n) is 3.02. The van der Waals surface area contributed by atoms with Crippen molar-refractivity contribution < 1.29 is 9.84 Å². The second-order valence-corrected chi connectivity index (χ2v) is 5.49. The van der Waals surface area contributed by atoms with Crippen LogP contribution in [0, 0.1) is 6.92 Å². The Morgan fingerprint density at radius 3 is 3.00 bits per heavy atom. The zero-order chi connectivity index (χ0) is 14.4. The van der Waals surface area contributed by atoms with Gasteiger partial charge in [-0.05, 0) is 30.2 Å². The van der Waals surface area contributed by atoms with Crippen molar-refractivity contribution in [3.63, 3.8) is 0 Å². The van der Waals surface area contributed by atoms with Gasteiger partial charge in [0.05, 0.1) is 11.8 Å². The van der Waals surface area contributed by atoms with Crippen molar-refractivity contribution in [3.8, 4) is 5.75 Å². The van der Waals surface area contributed by atoms with Crippen molar-refractivity contribution in [2.45, 2.75) is 25.6 Å². The summed E-state index contributed by atoms with van der Waals surface area (Å²) < 4.78 is 8.05. The molecule has 0 aliphatic heterocycles. The molecule has 0 bridgehead atoms. The van der Waals surface area contributed by atoms with Crippen LogP contribution in [0.2, 0.25) is 0 Å². The van der Waals surface area contributed by atoms with E-state index in [0.717, 1.165) is 22.5 Å². The highest BCUT2D eigenvalue weighted by atomic mass is 16.5. The van der Waals surface area contributed by atoms with Gasteiger partial charge in [0, 0.05) is 18.8 Å². The van der Waals surface area contributed by atoms with Gasteiger partial charge >= 0.3 is 0 Å². The minimum absolute atomic E-state index is 0.329. The summed E-state index contributed by atoms with van der Waals surface area (Å²) in [6, 6.07) is 11.9. The molecule has 0 spiro atoms. The third-order valence-electron chi connectivity index (χ3n) is 3.96. The quantitative estimate of drug-likeness (QED) is 0.785. The molecule has 2 heterocycles. The smallest absolute Gasteiger partial charge is 0.179 e. The maximum absolute atomic E-state index is 10.3. The maximum Gasteiger partial charge on any atom is 0.179 e. The van der Waals surface area contributed by atoms with Crippen LogP contribution in [-0.2, 0) is 6.42 Å². The molecular weight excluding hydrogens is 264 g/mol. The monoisotopic (exact) mass is 280 g/mol. The summed E-state index contributed by atoms with van der Waals surface area (Å²) in [7, 11) is 0. The highest BCUT2D eigenvalue weighted by Gasteiger charge is 2.33. The van der Waals surface area contributed by atoms with Gasteiger partial charge in [-0.3, -0.25) is 0 Å². The van der Waals surface area contributed by atoms with Crippen LogP contribution in [0.1, 0.15) is 22.9 Å². The lowest BCUT2D eigenvalue weighted by atomic mass is 10.1. The third-order valence-corrected chi connectivity index (χ3v) is 3.96. The first-order valence-corrected chi connectivity index (χ1v) is 7.09. The predicted molar refractivity (Wildman–Crippen MR) is 79.5 cm³/mol. The Labute approximate surface area is 122 Å². The predicted octanol–water partition coefficient (Wildman–Crippen LogP) is 2.68. The molecule has 1 aromatic carbocycles. The van der Waals surface area contributed by atoms with Crippen molar-refractivity contribution in [2.75, 3.05) is 0 Å². The number of aliphatic hydroxyl groups excluding tert-OH is 1.